The zero-order chi connectivity index (χ0) is 11.4. The van der Waals surface area contributed by atoms with Gasteiger partial charge in [0.25, 0.3) is 5.91 Å². The molecule has 1 spiro atoms. The first kappa shape index (κ1) is 8.72. The number of allylic oxidation sites excluding steroid dienone is 2. The second kappa shape index (κ2) is 2.28. The van der Waals surface area contributed by atoms with Gasteiger partial charge in [0, 0.05) is 5.92 Å². The second-order valence-electron chi connectivity index (χ2n) is 6.38. The molecule has 0 aromatic rings. The maximum Gasteiger partial charge on any atom is 0.322 e. The first-order valence-electron chi connectivity index (χ1n) is 6.53. The Morgan fingerprint density at radius 3 is 2.71 bits per heavy atom. The summed E-state index contributed by atoms with van der Waals surface area (Å²) >= 11 is 0. The number of rotatable bonds is 0. The molecule has 88 valence electrons. The molecule has 17 heavy (non-hydrogen) atoms. The molecule has 7 atom stereocenters. The van der Waals surface area contributed by atoms with E-state index in [0.717, 1.165) is 12.3 Å². The van der Waals surface area contributed by atoms with Crippen LogP contribution in [0.2, 0.25) is 0 Å². The quantitative estimate of drug-likeness (QED) is 0.474. The molecule has 3 amide bonds. The van der Waals surface area contributed by atoms with Gasteiger partial charge < -0.3 is 5.32 Å². The lowest BCUT2D eigenvalue weighted by Gasteiger charge is -2.32. The fourth-order valence-electron chi connectivity index (χ4n) is 5.81. The molecule has 1 saturated heterocycles. The minimum absolute atomic E-state index is 0.0680. The van der Waals surface area contributed by atoms with Crippen molar-refractivity contribution in [3.63, 3.8) is 0 Å². The van der Waals surface area contributed by atoms with Crippen LogP contribution in [0.4, 0.5) is 4.79 Å². The molecule has 1 heterocycles. The number of fused-ring (bicyclic) bond motifs is 3. The van der Waals surface area contributed by atoms with Crippen molar-refractivity contribution in [1.82, 2.24) is 10.6 Å². The zero-order valence-electron chi connectivity index (χ0n) is 9.35. The molecule has 0 aromatic heterocycles. The summed E-state index contributed by atoms with van der Waals surface area (Å²) < 4.78 is 0. The van der Waals surface area contributed by atoms with E-state index in [-0.39, 0.29) is 11.9 Å². The van der Waals surface area contributed by atoms with E-state index in [1.165, 1.54) is 6.42 Å². The maximum atomic E-state index is 12.2. The third kappa shape index (κ3) is 0.709. The summed E-state index contributed by atoms with van der Waals surface area (Å²) in [5.41, 5.74) is -0.564. The van der Waals surface area contributed by atoms with Crippen LogP contribution in [0.3, 0.4) is 0 Å². The smallest absolute Gasteiger partial charge is 0.322 e. The number of carbonyl (C=O) groups excluding carboxylic acids is 2. The molecule has 7 unspecified atom stereocenters. The molecule has 2 bridgehead atoms. The number of carbonyl (C=O) groups is 2. The normalized spacial score (nSPS) is 60.5. The number of imide groups is 1. The number of hydrogen-bond acceptors (Lipinski definition) is 2. The van der Waals surface area contributed by atoms with Crippen molar-refractivity contribution >= 4 is 11.9 Å². The predicted octanol–water partition coefficient (Wildman–Crippen LogP) is 0.653. The van der Waals surface area contributed by atoms with Crippen molar-refractivity contribution in [1.29, 1.82) is 0 Å². The van der Waals surface area contributed by atoms with Gasteiger partial charge in [-0.15, -0.1) is 0 Å². The number of hydrogen-bond donors (Lipinski definition) is 2. The van der Waals surface area contributed by atoms with E-state index >= 15 is 0 Å². The van der Waals surface area contributed by atoms with Gasteiger partial charge in [-0.3, -0.25) is 10.1 Å². The van der Waals surface area contributed by atoms with Crippen LogP contribution in [0.25, 0.3) is 0 Å². The van der Waals surface area contributed by atoms with Crippen LogP contribution in [-0.4, -0.2) is 17.5 Å². The molecular formula is C13H14N2O2. The van der Waals surface area contributed by atoms with Crippen molar-refractivity contribution in [2.45, 2.75) is 18.4 Å². The Hall–Kier alpha value is -1.32. The van der Waals surface area contributed by atoms with Crippen molar-refractivity contribution in [3.05, 3.63) is 12.2 Å². The minimum atomic E-state index is -0.564. The van der Waals surface area contributed by atoms with E-state index < -0.39 is 5.54 Å². The Bertz CT molecular complexity index is 500. The fourth-order valence-corrected chi connectivity index (χ4v) is 5.81. The summed E-state index contributed by atoms with van der Waals surface area (Å²) in [6.07, 6.45) is 6.82. The Morgan fingerprint density at radius 1 is 1.12 bits per heavy atom. The molecule has 1 aliphatic heterocycles. The fraction of sp³-hybridized carbons (Fsp3) is 0.692. The van der Waals surface area contributed by atoms with E-state index in [1.54, 1.807) is 0 Å². The third-order valence-electron chi connectivity index (χ3n) is 6.10. The van der Waals surface area contributed by atoms with Gasteiger partial charge >= 0.3 is 6.03 Å². The summed E-state index contributed by atoms with van der Waals surface area (Å²) in [6.45, 7) is 0. The van der Waals surface area contributed by atoms with Gasteiger partial charge in [0.05, 0.1) is 0 Å². The van der Waals surface area contributed by atoms with Crippen molar-refractivity contribution in [2.24, 2.45) is 35.5 Å². The van der Waals surface area contributed by atoms with Crippen LogP contribution >= 0.6 is 0 Å². The number of nitrogens with one attached hydrogen (secondary N) is 2. The van der Waals surface area contributed by atoms with Crippen LogP contribution < -0.4 is 10.6 Å². The first-order chi connectivity index (χ1) is 8.21. The Morgan fingerprint density at radius 2 is 1.94 bits per heavy atom. The maximum absolute atomic E-state index is 12.2. The highest BCUT2D eigenvalue weighted by atomic mass is 16.2. The largest absolute Gasteiger partial charge is 0.323 e. The summed E-state index contributed by atoms with van der Waals surface area (Å²) in [5, 5.41) is 5.41. The molecule has 0 aromatic carbocycles. The average molecular weight is 230 g/mol. The van der Waals surface area contributed by atoms with Gasteiger partial charge in [0.2, 0.25) is 0 Å². The molecule has 5 rings (SSSR count). The molecule has 0 radical (unpaired) electrons. The van der Waals surface area contributed by atoms with Gasteiger partial charge in [-0.05, 0) is 42.4 Å². The summed E-state index contributed by atoms with van der Waals surface area (Å²) in [5.74, 6) is 3.57. The van der Waals surface area contributed by atoms with E-state index in [4.69, 9.17) is 0 Å². The van der Waals surface area contributed by atoms with E-state index in [9.17, 15) is 9.59 Å². The standard InChI is InChI=1S/C13H14N2O2/c16-11-13(15-12(17)14-11)4-9-5-1-2-6-7(5)3-8(9)10(6)13/h1-2,5-10H,3-4H2,(H2,14,15,16,17). The van der Waals surface area contributed by atoms with Crippen molar-refractivity contribution in [3.8, 4) is 0 Å². The Labute approximate surface area is 98.8 Å². The molecule has 2 N–H and O–H groups in total. The zero-order valence-corrected chi connectivity index (χ0v) is 9.35. The van der Waals surface area contributed by atoms with Crippen LogP contribution in [0.15, 0.2) is 12.2 Å². The summed E-state index contributed by atoms with van der Waals surface area (Å²) in [6, 6.07) is -0.292. The van der Waals surface area contributed by atoms with Gasteiger partial charge in [-0.25, -0.2) is 4.79 Å². The van der Waals surface area contributed by atoms with Crippen LogP contribution in [-0.2, 0) is 4.79 Å². The van der Waals surface area contributed by atoms with Gasteiger partial charge in [0.15, 0.2) is 0 Å². The molecular weight excluding hydrogens is 216 g/mol. The summed E-state index contributed by atoms with van der Waals surface area (Å²) in [4.78, 5) is 23.6. The lowest BCUT2D eigenvalue weighted by atomic mass is 9.75. The first-order valence-corrected chi connectivity index (χ1v) is 6.53. The SMILES string of the molecule is O=C1NC(=O)C2(CC3C4C=CC5C4CC3C52)N1. The van der Waals surface area contributed by atoms with Gasteiger partial charge in [0.1, 0.15) is 5.54 Å². The average Bonchev–Trinajstić information content (AvgIpc) is 2.90. The second-order valence-corrected chi connectivity index (χ2v) is 6.38. The topological polar surface area (TPSA) is 58.2 Å². The van der Waals surface area contributed by atoms with Crippen LogP contribution in [0, 0.1) is 35.5 Å². The lowest BCUT2D eigenvalue weighted by Crippen LogP contribution is -2.52. The van der Waals surface area contributed by atoms with Crippen LogP contribution in [0.5, 0.6) is 0 Å². The van der Waals surface area contributed by atoms with Crippen LogP contribution in [0.1, 0.15) is 12.8 Å². The molecule has 4 fully saturated rings. The number of urea groups is 1. The van der Waals surface area contributed by atoms with Gasteiger partial charge in [-0.1, -0.05) is 12.2 Å². The van der Waals surface area contributed by atoms with Crippen molar-refractivity contribution in [2.75, 3.05) is 0 Å². The van der Waals surface area contributed by atoms with Crippen molar-refractivity contribution < 1.29 is 9.59 Å². The minimum Gasteiger partial charge on any atom is -0.323 e. The third-order valence-corrected chi connectivity index (χ3v) is 6.10. The molecule has 4 heteroatoms. The molecule has 3 saturated carbocycles. The van der Waals surface area contributed by atoms with E-state index in [2.05, 4.69) is 22.8 Å². The number of amides is 3. The Balaban J connectivity index is 1.70. The Kier molecular flexibility index (Phi) is 1.17. The van der Waals surface area contributed by atoms with E-state index in [0.29, 0.717) is 29.6 Å². The highest BCUT2D eigenvalue weighted by molar-refractivity contribution is 6.07. The molecule has 4 aliphatic carbocycles. The lowest BCUT2D eigenvalue weighted by molar-refractivity contribution is -0.125. The van der Waals surface area contributed by atoms with E-state index in [1.807, 2.05) is 0 Å². The summed E-state index contributed by atoms with van der Waals surface area (Å²) in [7, 11) is 0. The molecule has 5 aliphatic rings. The monoisotopic (exact) mass is 230 g/mol. The molecule has 4 nitrogen and oxygen atoms in total. The predicted molar refractivity (Wildman–Crippen MR) is 58.7 cm³/mol. The highest BCUT2D eigenvalue weighted by Crippen LogP contribution is 2.71. The highest BCUT2D eigenvalue weighted by Gasteiger charge is 2.73. The van der Waals surface area contributed by atoms with Gasteiger partial charge in [-0.2, -0.15) is 0 Å².